The van der Waals surface area contributed by atoms with Crippen LogP contribution in [-0.2, 0) is 14.3 Å². The summed E-state index contributed by atoms with van der Waals surface area (Å²) in [6.45, 7) is 0.392. The predicted octanol–water partition coefficient (Wildman–Crippen LogP) is 1.96. The van der Waals surface area contributed by atoms with E-state index >= 15 is 0 Å². The van der Waals surface area contributed by atoms with Crippen LogP contribution >= 0.6 is 0 Å². The Hall–Kier alpha value is -3.23. The van der Waals surface area contributed by atoms with E-state index in [4.69, 9.17) is 19.0 Å². The lowest BCUT2D eigenvalue weighted by Gasteiger charge is -2.30. The van der Waals surface area contributed by atoms with Gasteiger partial charge in [0.2, 0.25) is 0 Å². The van der Waals surface area contributed by atoms with E-state index in [-0.39, 0.29) is 24.0 Å². The monoisotopic (exact) mass is 393 g/mol. The molecule has 0 radical (unpaired) electrons. The van der Waals surface area contributed by atoms with Gasteiger partial charge in [0.25, 0.3) is 5.91 Å². The molecule has 2 aromatic carbocycles. The highest BCUT2D eigenvalue weighted by atomic mass is 16.7. The van der Waals surface area contributed by atoms with Crippen molar-refractivity contribution in [2.45, 2.75) is 18.5 Å². The number of rotatable bonds is 4. The molecule has 1 N–H and O–H groups in total. The van der Waals surface area contributed by atoms with Crippen LogP contribution in [0.1, 0.15) is 15.9 Å². The van der Waals surface area contributed by atoms with Crippen molar-refractivity contribution in [2.75, 3.05) is 13.7 Å². The van der Waals surface area contributed by atoms with Gasteiger partial charge in [0.05, 0.1) is 25.3 Å². The quantitative estimate of drug-likeness (QED) is 0.802. The van der Waals surface area contributed by atoms with Gasteiger partial charge in [-0.1, -0.05) is 23.4 Å². The zero-order valence-corrected chi connectivity index (χ0v) is 15.6. The standard InChI is InChI=1S/C21H19N3O5/c1-26-14-9-7-12(8-10-14)17-16-18(21-27-11-15(28-21)19(16)29-24-17)22-23-20(25)13-5-3-2-4-6-13/h2-10,15-16,19,21H,11H2,1H3,(H,23,25). The maximum absolute atomic E-state index is 12.4. The topological polar surface area (TPSA) is 90.7 Å². The number of carbonyl (C=O) groups is 1. The summed E-state index contributed by atoms with van der Waals surface area (Å²) in [7, 11) is 1.62. The van der Waals surface area contributed by atoms with Gasteiger partial charge in [-0.3, -0.25) is 4.79 Å². The zero-order valence-electron chi connectivity index (χ0n) is 15.6. The SMILES string of the molecule is COc1ccc(C2=NOC3C4COC(O4)C(=NNC(=O)c4ccccc4)C23)cc1. The minimum Gasteiger partial charge on any atom is -0.497 e. The Labute approximate surface area is 167 Å². The van der Waals surface area contributed by atoms with Gasteiger partial charge in [0.1, 0.15) is 17.6 Å². The van der Waals surface area contributed by atoms with Gasteiger partial charge in [0.15, 0.2) is 12.4 Å². The number of amides is 1. The fraction of sp³-hybridized carbons (Fsp3) is 0.286. The molecule has 29 heavy (non-hydrogen) atoms. The van der Waals surface area contributed by atoms with Gasteiger partial charge >= 0.3 is 0 Å². The molecule has 8 heteroatoms. The van der Waals surface area contributed by atoms with Crippen molar-refractivity contribution in [2.24, 2.45) is 16.2 Å². The molecule has 3 aliphatic rings. The molecule has 2 bridgehead atoms. The van der Waals surface area contributed by atoms with Gasteiger partial charge in [0, 0.05) is 11.1 Å². The lowest BCUT2D eigenvalue weighted by atomic mass is 9.84. The van der Waals surface area contributed by atoms with Gasteiger partial charge in [-0.15, -0.1) is 0 Å². The molecule has 148 valence electrons. The number of hydrazone groups is 1. The Morgan fingerprint density at radius 1 is 1.17 bits per heavy atom. The van der Waals surface area contributed by atoms with Crippen LogP contribution in [0.3, 0.4) is 0 Å². The molecule has 4 atom stereocenters. The average Bonchev–Trinajstić information content (AvgIpc) is 3.40. The molecule has 0 saturated carbocycles. The normalized spacial score (nSPS) is 28.4. The molecule has 2 saturated heterocycles. The van der Waals surface area contributed by atoms with Crippen molar-refractivity contribution in [3.8, 4) is 5.75 Å². The summed E-state index contributed by atoms with van der Waals surface area (Å²) in [5.74, 6) is 0.173. The first-order valence-electron chi connectivity index (χ1n) is 9.32. The Morgan fingerprint density at radius 2 is 1.97 bits per heavy atom. The fourth-order valence-corrected chi connectivity index (χ4v) is 3.76. The molecular weight excluding hydrogens is 374 g/mol. The number of nitrogens with zero attached hydrogens (tertiary/aromatic N) is 2. The van der Waals surface area contributed by atoms with Crippen molar-refractivity contribution in [3.05, 3.63) is 65.7 Å². The number of oxime groups is 1. The minimum absolute atomic E-state index is 0.228. The van der Waals surface area contributed by atoms with E-state index in [0.717, 1.165) is 17.0 Å². The fourth-order valence-electron chi connectivity index (χ4n) is 3.76. The first kappa shape index (κ1) is 17.8. The van der Waals surface area contributed by atoms with E-state index in [1.807, 2.05) is 30.3 Å². The number of fused-ring (bicyclic) bond motifs is 4. The van der Waals surface area contributed by atoms with E-state index in [9.17, 15) is 4.79 Å². The van der Waals surface area contributed by atoms with Crippen LogP contribution in [0.2, 0.25) is 0 Å². The third-order valence-corrected chi connectivity index (χ3v) is 5.24. The number of nitrogens with one attached hydrogen (secondary N) is 1. The minimum atomic E-state index is -0.637. The summed E-state index contributed by atoms with van der Waals surface area (Å²) < 4.78 is 16.8. The van der Waals surface area contributed by atoms with Crippen LogP contribution in [0.5, 0.6) is 5.75 Å². The van der Waals surface area contributed by atoms with Crippen LogP contribution in [0.25, 0.3) is 0 Å². The molecular formula is C21H19N3O5. The summed E-state index contributed by atoms with van der Waals surface area (Å²) in [6, 6.07) is 16.5. The van der Waals surface area contributed by atoms with Crippen LogP contribution in [0.4, 0.5) is 0 Å². The van der Waals surface area contributed by atoms with E-state index in [2.05, 4.69) is 15.7 Å². The molecule has 3 aliphatic heterocycles. The predicted molar refractivity (Wildman–Crippen MR) is 104 cm³/mol. The van der Waals surface area contributed by atoms with Crippen LogP contribution < -0.4 is 10.2 Å². The third-order valence-electron chi connectivity index (χ3n) is 5.24. The van der Waals surface area contributed by atoms with E-state index < -0.39 is 6.29 Å². The smallest absolute Gasteiger partial charge is 0.271 e. The third kappa shape index (κ3) is 3.16. The van der Waals surface area contributed by atoms with Crippen molar-refractivity contribution in [1.29, 1.82) is 0 Å². The summed E-state index contributed by atoms with van der Waals surface area (Å²) in [5, 5.41) is 8.68. The first-order valence-corrected chi connectivity index (χ1v) is 9.32. The number of carbonyl (C=O) groups excluding carboxylic acids is 1. The maximum atomic E-state index is 12.4. The summed E-state index contributed by atoms with van der Waals surface area (Å²) >= 11 is 0. The van der Waals surface area contributed by atoms with E-state index in [1.54, 1.807) is 31.4 Å². The second-order valence-corrected chi connectivity index (χ2v) is 6.94. The second-order valence-electron chi connectivity index (χ2n) is 6.94. The first-order chi connectivity index (χ1) is 14.2. The van der Waals surface area contributed by atoms with Crippen molar-refractivity contribution in [1.82, 2.24) is 5.43 Å². The van der Waals surface area contributed by atoms with Gasteiger partial charge in [-0.05, 0) is 36.4 Å². The zero-order chi connectivity index (χ0) is 19.8. The Bertz CT molecular complexity index is 974. The summed E-state index contributed by atoms with van der Waals surface area (Å²) in [4.78, 5) is 18.1. The van der Waals surface area contributed by atoms with Crippen molar-refractivity contribution < 1.29 is 23.8 Å². The second kappa shape index (κ2) is 7.31. The summed E-state index contributed by atoms with van der Waals surface area (Å²) in [6.07, 6.45) is -1.21. The maximum Gasteiger partial charge on any atom is 0.271 e. The molecule has 0 aliphatic carbocycles. The number of benzene rings is 2. The Kier molecular flexibility index (Phi) is 4.49. The largest absolute Gasteiger partial charge is 0.497 e. The molecule has 5 rings (SSSR count). The van der Waals surface area contributed by atoms with Crippen LogP contribution in [0.15, 0.2) is 64.9 Å². The van der Waals surface area contributed by atoms with Gasteiger partial charge in [-0.2, -0.15) is 5.10 Å². The van der Waals surface area contributed by atoms with Crippen LogP contribution in [-0.4, -0.2) is 49.5 Å². The molecule has 2 aromatic rings. The highest BCUT2D eigenvalue weighted by molar-refractivity contribution is 6.17. The molecule has 2 fully saturated rings. The van der Waals surface area contributed by atoms with Crippen molar-refractivity contribution >= 4 is 17.3 Å². The van der Waals surface area contributed by atoms with Gasteiger partial charge < -0.3 is 19.0 Å². The molecule has 3 heterocycles. The van der Waals surface area contributed by atoms with Crippen molar-refractivity contribution in [3.63, 3.8) is 0 Å². The van der Waals surface area contributed by atoms with Gasteiger partial charge in [-0.25, -0.2) is 5.43 Å². The average molecular weight is 393 g/mol. The molecule has 0 spiro atoms. The molecule has 0 aromatic heterocycles. The molecule has 1 amide bonds. The van der Waals surface area contributed by atoms with E-state index in [1.165, 1.54) is 0 Å². The Balaban J connectivity index is 1.44. The highest BCUT2D eigenvalue weighted by Gasteiger charge is 2.55. The lowest BCUT2D eigenvalue weighted by molar-refractivity contribution is -0.0812. The number of hydrogen-bond acceptors (Lipinski definition) is 7. The number of hydrogen-bond donors (Lipinski definition) is 1. The lowest BCUT2D eigenvalue weighted by Crippen LogP contribution is -2.49. The van der Waals surface area contributed by atoms with Crippen LogP contribution in [0, 0.1) is 5.92 Å². The molecule has 4 unspecified atom stereocenters. The van der Waals surface area contributed by atoms with E-state index in [0.29, 0.717) is 17.9 Å². The number of methoxy groups -OCH3 is 1. The summed E-state index contributed by atoms with van der Waals surface area (Å²) in [5.41, 5.74) is 5.29. The molecule has 8 nitrogen and oxygen atoms in total. The Morgan fingerprint density at radius 3 is 2.72 bits per heavy atom. The number of ether oxygens (including phenoxy) is 3. The highest BCUT2D eigenvalue weighted by Crippen LogP contribution is 2.38.